The number of hydrogen-bond donors (Lipinski definition) is 2. The Morgan fingerprint density at radius 3 is 2.76 bits per heavy atom. The molecule has 0 radical (unpaired) electrons. The zero-order chi connectivity index (χ0) is 24.4. The van der Waals surface area contributed by atoms with E-state index in [2.05, 4.69) is 19.9 Å². The van der Waals surface area contributed by atoms with Crippen LogP contribution in [-0.2, 0) is 14.3 Å². The molecule has 182 valence electrons. The van der Waals surface area contributed by atoms with Crippen molar-refractivity contribution in [3.05, 3.63) is 71.9 Å². The van der Waals surface area contributed by atoms with Crippen molar-refractivity contribution in [2.45, 2.75) is 84.4 Å². The van der Waals surface area contributed by atoms with E-state index in [4.69, 9.17) is 9.47 Å². The highest BCUT2D eigenvalue weighted by molar-refractivity contribution is 5.82. The van der Waals surface area contributed by atoms with Crippen molar-refractivity contribution >= 4 is 5.97 Å². The summed E-state index contributed by atoms with van der Waals surface area (Å²) in [7, 11) is 0. The maximum absolute atomic E-state index is 11.3. The van der Waals surface area contributed by atoms with Gasteiger partial charge in [-0.1, -0.05) is 73.6 Å². The molecular formula is C28H40O5. The van der Waals surface area contributed by atoms with Gasteiger partial charge in [0.05, 0.1) is 24.4 Å². The molecule has 3 unspecified atom stereocenters. The molecule has 5 nitrogen and oxygen atoms in total. The third-order valence-corrected chi connectivity index (χ3v) is 6.04. The van der Waals surface area contributed by atoms with Crippen LogP contribution >= 0.6 is 0 Å². The average molecular weight is 457 g/mol. The van der Waals surface area contributed by atoms with Gasteiger partial charge in [0, 0.05) is 24.8 Å². The topological polar surface area (TPSA) is 76.0 Å². The number of cyclic esters (lactones) is 1. The fraction of sp³-hybridized carbons (Fsp3) is 0.536. The van der Waals surface area contributed by atoms with Crippen molar-refractivity contribution in [1.29, 1.82) is 0 Å². The number of carbonyl (C=O) groups is 1. The minimum atomic E-state index is -0.766. The monoisotopic (exact) mass is 456 g/mol. The first-order chi connectivity index (χ1) is 15.7. The highest BCUT2D eigenvalue weighted by atomic mass is 16.5. The van der Waals surface area contributed by atoms with Gasteiger partial charge in [0.15, 0.2) is 0 Å². The highest BCUT2D eigenvalue weighted by Crippen LogP contribution is 2.28. The van der Waals surface area contributed by atoms with Crippen LogP contribution < -0.4 is 0 Å². The Balaban J connectivity index is 1.85. The third kappa shape index (κ3) is 9.28. The van der Waals surface area contributed by atoms with Crippen LogP contribution in [0, 0.1) is 11.8 Å². The van der Waals surface area contributed by atoms with Crippen molar-refractivity contribution in [2.75, 3.05) is 0 Å². The predicted octanol–water partition coefficient (Wildman–Crippen LogP) is 4.98. The SMILES string of the molecule is C/C=C/[C@@H]1O[C@H](C(O)/C=C/C=C(\C)CC(C)/C=C(C)\C=C\[C@H]2CC=CC(=O)O2)C[C@@H](O)C1C. The molecule has 1 saturated heterocycles. The molecule has 0 amide bonds. The second-order valence-electron chi connectivity index (χ2n) is 9.28. The number of hydrogen-bond acceptors (Lipinski definition) is 5. The Morgan fingerprint density at radius 1 is 1.30 bits per heavy atom. The summed E-state index contributed by atoms with van der Waals surface area (Å²) < 4.78 is 11.2. The third-order valence-electron chi connectivity index (χ3n) is 6.04. The van der Waals surface area contributed by atoms with Gasteiger partial charge in [-0.3, -0.25) is 0 Å². The lowest BCUT2D eigenvalue weighted by molar-refractivity contribution is -0.141. The molecule has 2 heterocycles. The zero-order valence-electron chi connectivity index (χ0n) is 20.6. The molecule has 0 bridgehead atoms. The van der Waals surface area contributed by atoms with Gasteiger partial charge < -0.3 is 19.7 Å². The Hall–Kier alpha value is -2.21. The van der Waals surface area contributed by atoms with Crippen LogP contribution in [0.25, 0.3) is 0 Å². The zero-order valence-corrected chi connectivity index (χ0v) is 20.6. The minimum absolute atomic E-state index is 0.0122. The molecule has 0 spiro atoms. The van der Waals surface area contributed by atoms with Crippen molar-refractivity contribution in [1.82, 2.24) is 0 Å². The fourth-order valence-electron chi connectivity index (χ4n) is 4.19. The van der Waals surface area contributed by atoms with Gasteiger partial charge in [0.1, 0.15) is 6.10 Å². The highest BCUT2D eigenvalue weighted by Gasteiger charge is 2.35. The first-order valence-electron chi connectivity index (χ1n) is 11.9. The van der Waals surface area contributed by atoms with Crippen molar-refractivity contribution in [3.63, 3.8) is 0 Å². The molecular weight excluding hydrogens is 416 g/mol. The van der Waals surface area contributed by atoms with E-state index in [0.717, 1.165) is 12.0 Å². The van der Waals surface area contributed by atoms with Gasteiger partial charge in [0.2, 0.25) is 0 Å². The van der Waals surface area contributed by atoms with Crippen molar-refractivity contribution < 1.29 is 24.5 Å². The van der Waals surface area contributed by atoms with E-state index >= 15 is 0 Å². The number of aliphatic hydroxyl groups is 2. The van der Waals surface area contributed by atoms with E-state index in [0.29, 0.717) is 18.8 Å². The summed E-state index contributed by atoms with van der Waals surface area (Å²) in [4.78, 5) is 11.3. The first-order valence-corrected chi connectivity index (χ1v) is 11.9. The predicted molar refractivity (Wildman–Crippen MR) is 132 cm³/mol. The molecule has 2 rings (SSSR count). The molecule has 33 heavy (non-hydrogen) atoms. The van der Waals surface area contributed by atoms with Gasteiger partial charge in [0.25, 0.3) is 0 Å². The van der Waals surface area contributed by atoms with E-state index in [1.54, 1.807) is 6.08 Å². The molecule has 0 saturated carbocycles. The smallest absolute Gasteiger partial charge is 0.331 e. The first kappa shape index (κ1) is 27.0. The lowest BCUT2D eigenvalue weighted by Crippen LogP contribution is -2.46. The lowest BCUT2D eigenvalue weighted by Gasteiger charge is -2.38. The quantitative estimate of drug-likeness (QED) is 0.291. The normalized spacial score (nSPS) is 31.5. The second-order valence-corrected chi connectivity index (χ2v) is 9.28. The fourth-order valence-corrected chi connectivity index (χ4v) is 4.19. The van der Waals surface area contributed by atoms with Crippen LogP contribution in [0.2, 0.25) is 0 Å². The Kier molecular flexibility index (Phi) is 11.0. The summed E-state index contributed by atoms with van der Waals surface area (Å²) in [6, 6.07) is 0. The van der Waals surface area contributed by atoms with Crippen LogP contribution in [-0.4, -0.2) is 46.7 Å². The Morgan fingerprint density at radius 2 is 2.06 bits per heavy atom. The standard InChI is InChI=1S/C28H40O5/c1-6-9-26-22(5)25(30)18-27(33-26)24(29)12-7-10-19(2)16-21(4)17-20(3)14-15-23-11-8-13-28(31)32-23/h6-10,12-15,17,21-27,29-30H,11,16,18H2,1-5H3/b9-6+,12-7+,15-14+,19-10+,20-17-/t21?,22?,23-,24?,25-,26+,27+/m1/s1. The van der Waals surface area contributed by atoms with E-state index in [1.807, 2.05) is 63.3 Å². The maximum atomic E-state index is 11.3. The molecule has 0 aliphatic carbocycles. The second kappa shape index (κ2) is 13.5. The summed E-state index contributed by atoms with van der Waals surface area (Å²) >= 11 is 0. The summed E-state index contributed by atoms with van der Waals surface area (Å²) in [6.07, 6.45) is 18.9. The number of esters is 1. The summed E-state index contributed by atoms with van der Waals surface area (Å²) in [5.41, 5.74) is 2.33. The van der Waals surface area contributed by atoms with Gasteiger partial charge in [-0.25, -0.2) is 4.79 Å². The Bertz CT molecular complexity index is 816. The van der Waals surface area contributed by atoms with Crippen LogP contribution in [0.3, 0.4) is 0 Å². The molecule has 1 fully saturated rings. The van der Waals surface area contributed by atoms with E-state index < -0.39 is 18.3 Å². The van der Waals surface area contributed by atoms with Crippen molar-refractivity contribution in [2.24, 2.45) is 11.8 Å². The van der Waals surface area contributed by atoms with Crippen LogP contribution in [0.15, 0.2) is 71.9 Å². The van der Waals surface area contributed by atoms with Gasteiger partial charge in [-0.2, -0.15) is 0 Å². The van der Waals surface area contributed by atoms with E-state index in [9.17, 15) is 15.0 Å². The minimum Gasteiger partial charge on any atom is -0.455 e. The molecule has 0 aromatic rings. The number of allylic oxidation sites excluding steroid dienone is 7. The molecule has 2 aliphatic rings. The average Bonchev–Trinajstić information content (AvgIpc) is 2.75. The number of carbonyl (C=O) groups excluding carboxylic acids is 1. The number of ether oxygens (including phenoxy) is 2. The molecule has 2 aliphatic heterocycles. The van der Waals surface area contributed by atoms with Crippen molar-refractivity contribution in [3.8, 4) is 0 Å². The van der Waals surface area contributed by atoms with E-state index in [-0.39, 0.29) is 24.1 Å². The van der Waals surface area contributed by atoms with Gasteiger partial charge >= 0.3 is 5.97 Å². The molecule has 5 heteroatoms. The summed E-state index contributed by atoms with van der Waals surface area (Å²) in [6.45, 7) is 10.2. The van der Waals surface area contributed by atoms with Crippen LogP contribution in [0.1, 0.15) is 53.9 Å². The van der Waals surface area contributed by atoms with Gasteiger partial charge in [-0.15, -0.1) is 0 Å². The number of rotatable bonds is 9. The largest absolute Gasteiger partial charge is 0.455 e. The maximum Gasteiger partial charge on any atom is 0.331 e. The summed E-state index contributed by atoms with van der Waals surface area (Å²) in [5, 5.41) is 20.8. The van der Waals surface area contributed by atoms with Gasteiger partial charge in [-0.05, 0) is 39.2 Å². The van der Waals surface area contributed by atoms with E-state index in [1.165, 1.54) is 11.6 Å². The molecule has 0 aromatic heterocycles. The lowest BCUT2D eigenvalue weighted by atomic mass is 9.88. The summed E-state index contributed by atoms with van der Waals surface area (Å²) in [5.74, 6) is 0.0688. The Labute approximate surface area is 198 Å². The number of aliphatic hydroxyl groups excluding tert-OH is 2. The van der Waals surface area contributed by atoms with Crippen LogP contribution in [0.5, 0.6) is 0 Å². The molecule has 2 N–H and O–H groups in total. The van der Waals surface area contributed by atoms with Crippen LogP contribution in [0.4, 0.5) is 0 Å². The molecule has 7 atom stereocenters. The molecule has 0 aromatic carbocycles.